The minimum atomic E-state index is 0.582. The van der Waals surface area contributed by atoms with Gasteiger partial charge in [-0.1, -0.05) is 0 Å². The molecule has 20 heavy (non-hydrogen) atoms. The number of tetrazole rings is 1. The highest BCUT2D eigenvalue weighted by atomic mass is 15.5. The molecule has 1 aliphatic rings. The van der Waals surface area contributed by atoms with Crippen molar-refractivity contribution in [2.45, 2.75) is 0 Å². The first-order chi connectivity index (χ1) is 9.90. The first-order valence-corrected chi connectivity index (χ1v) is 6.17. The number of aromatic amines is 2. The number of rotatable bonds is 2. The molecule has 3 heterocycles. The third-order valence-corrected chi connectivity index (χ3v) is 3.19. The van der Waals surface area contributed by atoms with E-state index in [0.29, 0.717) is 5.82 Å². The lowest BCUT2D eigenvalue weighted by atomic mass is 10.0. The molecule has 2 N–H and O–H groups in total. The van der Waals surface area contributed by atoms with E-state index >= 15 is 0 Å². The van der Waals surface area contributed by atoms with Crippen molar-refractivity contribution in [2.24, 2.45) is 4.99 Å². The number of hydrogen-bond acceptors (Lipinski definition) is 4. The summed E-state index contributed by atoms with van der Waals surface area (Å²) in [5.74, 6) is 0.582. The molecule has 96 valence electrons. The molecule has 1 aromatic carbocycles. The van der Waals surface area contributed by atoms with E-state index in [1.165, 1.54) is 0 Å². The lowest BCUT2D eigenvalue weighted by molar-refractivity contribution is 0.881. The average molecular weight is 262 g/mol. The molecule has 0 saturated carbocycles. The highest BCUT2D eigenvalue weighted by molar-refractivity contribution is 6.21. The molecule has 0 bridgehead atoms. The molecule has 3 aromatic rings. The van der Waals surface area contributed by atoms with Gasteiger partial charge < -0.3 is 4.98 Å². The Kier molecular flexibility index (Phi) is 2.32. The highest BCUT2D eigenvalue weighted by Gasteiger charge is 2.14. The van der Waals surface area contributed by atoms with Gasteiger partial charge in [-0.3, -0.25) is 4.99 Å². The van der Waals surface area contributed by atoms with Gasteiger partial charge in [0.1, 0.15) is 0 Å². The predicted molar refractivity (Wildman–Crippen MR) is 76.4 cm³/mol. The Hall–Kier alpha value is -3.02. The third-order valence-electron chi connectivity index (χ3n) is 3.19. The van der Waals surface area contributed by atoms with Crippen molar-refractivity contribution >= 4 is 23.6 Å². The van der Waals surface area contributed by atoms with Crippen LogP contribution in [0.15, 0.2) is 41.5 Å². The number of fused-ring (bicyclic) bond motifs is 1. The number of hydrogen-bond donors (Lipinski definition) is 2. The summed E-state index contributed by atoms with van der Waals surface area (Å²) in [7, 11) is 0. The summed E-state index contributed by atoms with van der Waals surface area (Å²) in [5.41, 5.74) is 5.05. The van der Waals surface area contributed by atoms with Gasteiger partial charge in [-0.2, -0.15) is 5.21 Å². The van der Waals surface area contributed by atoms with E-state index < -0.39 is 0 Å². The first kappa shape index (κ1) is 10.9. The van der Waals surface area contributed by atoms with Crippen LogP contribution in [0.2, 0.25) is 0 Å². The number of allylic oxidation sites excluding steroid dienone is 1. The topological polar surface area (TPSA) is 82.6 Å². The average Bonchev–Trinajstić information content (AvgIpc) is 3.20. The van der Waals surface area contributed by atoms with Gasteiger partial charge in [-0.05, 0) is 41.6 Å². The largest absolute Gasteiger partial charge is 0.362 e. The van der Waals surface area contributed by atoms with Crippen molar-refractivity contribution in [3.63, 3.8) is 0 Å². The Morgan fingerprint density at radius 2 is 2.15 bits per heavy atom. The molecule has 0 saturated heterocycles. The smallest absolute Gasteiger partial charge is 0.204 e. The number of aromatic nitrogens is 5. The second-order valence-electron chi connectivity index (χ2n) is 4.45. The molecule has 6 nitrogen and oxygen atoms in total. The van der Waals surface area contributed by atoms with Crippen LogP contribution in [-0.4, -0.2) is 31.8 Å². The molecule has 4 rings (SSSR count). The summed E-state index contributed by atoms with van der Waals surface area (Å²) in [6.07, 6.45) is 5.83. The number of nitrogens with one attached hydrogen (secondary N) is 2. The van der Waals surface area contributed by atoms with E-state index in [9.17, 15) is 0 Å². The highest BCUT2D eigenvalue weighted by Crippen LogP contribution is 2.34. The summed E-state index contributed by atoms with van der Waals surface area (Å²) in [4.78, 5) is 7.57. The summed E-state index contributed by atoms with van der Waals surface area (Å²) >= 11 is 0. The van der Waals surface area contributed by atoms with Crippen LogP contribution >= 0.6 is 0 Å². The van der Waals surface area contributed by atoms with Crippen LogP contribution in [0.1, 0.15) is 11.3 Å². The Labute approximate surface area is 114 Å². The lowest BCUT2D eigenvalue weighted by Crippen LogP contribution is -1.85. The van der Waals surface area contributed by atoms with Gasteiger partial charge in [-0.25, -0.2) is 0 Å². The van der Waals surface area contributed by atoms with Gasteiger partial charge in [0.2, 0.25) is 5.82 Å². The van der Waals surface area contributed by atoms with Gasteiger partial charge in [0, 0.05) is 34.8 Å². The number of aliphatic imine (C=N–C) groups is 1. The SMILES string of the molecule is C1=Nc2ccc(-c3nn[nH]n3)cc2C1=Cc1ccc[nH]1. The maximum absolute atomic E-state index is 4.41. The van der Waals surface area contributed by atoms with Crippen LogP contribution in [0.3, 0.4) is 0 Å². The standard InChI is InChI=1S/C14H10N6/c1-2-11(15-5-1)6-10-8-16-13-4-3-9(7-12(10)13)14-17-19-20-18-14/h1-8,15H,(H,17,18,19,20). The zero-order valence-corrected chi connectivity index (χ0v) is 10.4. The molecular weight excluding hydrogens is 252 g/mol. The van der Waals surface area contributed by atoms with Crippen LogP contribution in [0.5, 0.6) is 0 Å². The number of nitrogens with zero attached hydrogens (tertiary/aromatic N) is 4. The summed E-state index contributed by atoms with van der Waals surface area (Å²) in [6.45, 7) is 0. The van der Waals surface area contributed by atoms with E-state index in [2.05, 4.69) is 36.7 Å². The molecule has 0 radical (unpaired) electrons. The van der Waals surface area contributed by atoms with Crippen molar-refractivity contribution in [3.05, 3.63) is 47.8 Å². The molecule has 1 aliphatic heterocycles. The fourth-order valence-corrected chi connectivity index (χ4v) is 2.23. The minimum Gasteiger partial charge on any atom is -0.362 e. The summed E-state index contributed by atoms with van der Waals surface area (Å²) < 4.78 is 0. The van der Waals surface area contributed by atoms with E-state index in [0.717, 1.165) is 28.1 Å². The number of H-pyrrole nitrogens is 2. The van der Waals surface area contributed by atoms with Crippen molar-refractivity contribution in [3.8, 4) is 11.4 Å². The molecule has 0 fully saturated rings. The molecular formula is C14H10N6. The maximum atomic E-state index is 4.41. The van der Waals surface area contributed by atoms with E-state index in [1.807, 2.05) is 42.7 Å². The fraction of sp³-hybridized carbons (Fsp3) is 0. The van der Waals surface area contributed by atoms with Gasteiger partial charge >= 0.3 is 0 Å². The molecule has 2 aromatic heterocycles. The molecule has 6 heteroatoms. The van der Waals surface area contributed by atoms with Crippen LogP contribution < -0.4 is 0 Å². The van der Waals surface area contributed by atoms with Crippen molar-refractivity contribution in [1.82, 2.24) is 25.6 Å². The molecule has 0 atom stereocenters. The zero-order chi connectivity index (χ0) is 13.4. The van der Waals surface area contributed by atoms with Gasteiger partial charge in [-0.15, -0.1) is 10.2 Å². The third kappa shape index (κ3) is 1.74. The minimum absolute atomic E-state index is 0.582. The second kappa shape index (κ2) is 4.27. The molecule has 0 aliphatic carbocycles. The molecule has 0 spiro atoms. The monoisotopic (exact) mass is 262 g/mol. The van der Waals surface area contributed by atoms with Crippen molar-refractivity contribution in [1.29, 1.82) is 0 Å². The van der Waals surface area contributed by atoms with Crippen molar-refractivity contribution in [2.75, 3.05) is 0 Å². The Morgan fingerprint density at radius 1 is 1.15 bits per heavy atom. The Balaban J connectivity index is 1.80. The van der Waals surface area contributed by atoms with Gasteiger partial charge in [0.15, 0.2) is 0 Å². The summed E-state index contributed by atoms with van der Waals surface area (Å²) in [6, 6.07) is 9.92. The van der Waals surface area contributed by atoms with Crippen molar-refractivity contribution < 1.29 is 0 Å². The van der Waals surface area contributed by atoms with Crippen LogP contribution in [0, 0.1) is 0 Å². The van der Waals surface area contributed by atoms with Gasteiger partial charge in [0.05, 0.1) is 5.69 Å². The quantitative estimate of drug-likeness (QED) is 0.744. The first-order valence-electron chi connectivity index (χ1n) is 6.17. The van der Waals surface area contributed by atoms with Crippen LogP contribution in [0.25, 0.3) is 23.0 Å². The lowest BCUT2D eigenvalue weighted by Gasteiger charge is -2.02. The van der Waals surface area contributed by atoms with Crippen LogP contribution in [0.4, 0.5) is 5.69 Å². The van der Waals surface area contributed by atoms with Crippen LogP contribution in [-0.2, 0) is 0 Å². The molecule has 0 unspecified atom stereocenters. The Bertz CT molecular complexity index is 796. The predicted octanol–water partition coefficient (Wildman–Crippen LogP) is 2.45. The number of benzene rings is 1. The fourth-order valence-electron chi connectivity index (χ4n) is 2.23. The maximum Gasteiger partial charge on any atom is 0.204 e. The van der Waals surface area contributed by atoms with E-state index in [-0.39, 0.29) is 0 Å². The normalized spacial score (nSPS) is 14.9. The van der Waals surface area contributed by atoms with E-state index in [4.69, 9.17) is 0 Å². The second-order valence-corrected chi connectivity index (χ2v) is 4.45. The zero-order valence-electron chi connectivity index (χ0n) is 10.4. The summed E-state index contributed by atoms with van der Waals surface area (Å²) in [5, 5.41) is 14.0. The van der Waals surface area contributed by atoms with Gasteiger partial charge in [0.25, 0.3) is 0 Å². The van der Waals surface area contributed by atoms with E-state index in [1.54, 1.807) is 0 Å². The Morgan fingerprint density at radius 3 is 2.95 bits per heavy atom. The molecule has 0 amide bonds.